The van der Waals surface area contributed by atoms with Gasteiger partial charge in [-0.15, -0.1) is 0 Å². The molecule has 0 saturated heterocycles. The molecular weight excluding hydrogens is 356 g/mol. The first kappa shape index (κ1) is 25.1. The van der Waals surface area contributed by atoms with E-state index in [2.05, 4.69) is 24.7 Å². The van der Waals surface area contributed by atoms with E-state index in [0.717, 1.165) is 38.5 Å². The van der Waals surface area contributed by atoms with Crippen LogP contribution in [-0.2, 0) is 9.53 Å². The Morgan fingerprint density at radius 2 is 1.93 bits per heavy atom. The van der Waals surface area contributed by atoms with E-state index in [1.54, 1.807) is 0 Å². The van der Waals surface area contributed by atoms with Gasteiger partial charge in [0, 0.05) is 6.42 Å². The average Bonchev–Trinajstić information content (AvgIpc) is 2.90. The molecule has 0 aromatic rings. The normalized spacial score (nSPS) is 28.4. The maximum Gasteiger partial charge on any atom is 0.305 e. The van der Waals surface area contributed by atoms with Crippen molar-refractivity contribution in [3.8, 4) is 0 Å². The molecule has 0 amide bonds. The fourth-order valence-corrected chi connectivity index (χ4v) is 4.76. The summed E-state index contributed by atoms with van der Waals surface area (Å²) in [7, 11) is 1.40. The van der Waals surface area contributed by atoms with Gasteiger partial charge in [0.15, 0.2) is 0 Å². The maximum absolute atomic E-state index is 11.1. The first-order valence-electron chi connectivity index (χ1n) is 11.0. The second kappa shape index (κ2) is 12.6. The molecule has 0 aromatic carbocycles. The second-order valence-corrected chi connectivity index (χ2v) is 8.92. The summed E-state index contributed by atoms with van der Waals surface area (Å²) >= 11 is 0. The summed E-state index contributed by atoms with van der Waals surface area (Å²) in [6.45, 7) is 6.14. The minimum absolute atomic E-state index is 0.00707. The van der Waals surface area contributed by atoms with E-state index < -0.39 is 17.8 Å². The topological polar surface area (TPSA) is 87.0 Å². The van der Waals surface area contributed by atoms with Crippen molar-refractivity contribution < 1.29 is 24.9 Å². The van der Waals surface area contributed by atoms with Crippen LogP contribution in [0.1, 0.15) is 85.0 Å². The van der Waals surface area contributed by atoms with Gasteiger partial charge in [-0.05, 0) is 63.2 Å². The zero-order valence-corrected chi connectivity index (χ0v) is 18.3. The molecule has 0 aliphatic heterocycles. The van der Waals surface area contributed by atoms with Crippen molar-refractivity contribution in [2.24, 2.45) is 17.8 Å². The molecule has 1 rings (SSSR count). The Bertz CT molecular complexity index is 474. The van der Waals surface area contributed by atoms with Gasteiger partial charge in [0.2, 0.25) is 0 Å². The molecule has 1 aliphatic rings. The van der Waals surface area contributed by atoms with E-state index in [0.29, 0.717) is 25.7 Å². The molecule has 0 aromatic heterocycles. The van der Waals surface area contributed by atoms with Crippen molar-refractivity contribution in [2.45, 2.75) is 103 Å². The number of carbonyl (C=O) groups is 1. The van der Waals surface area contributed by atoms with E-state index in [4.69, 9.17) is 0 Å². The van der Waals surface area contributed by atoms with Gasteiger partial charge < -0.3 is 20.1 Å². The molecule has 1 saturated carbocycles. The summed E-state index contributed by atoms with van der Waals surface area (Å²) < 4.78 is 4.63. The SMILES string of the molecule is CCCCCC(C)(O)CC(C)[C@@H]1[C@@H](C/C=C\CCCC(=O)OC)[C@@H](O)C[C@H]1O. The first-order valence-corrected chi connectivity index (χ1v) is 11.0. The summed E-state index contributed by atoms with van der Waals surface area (Å²) in [4.78, 5) is 11.1. The van der Waals surface area contributed by atoms with Crippen LogP contribution < -0.4 is 0 Å². The van der Waals surface area contributed by atoms with Gasteiger partial charge in [0.1, 0.15) is 0 Å². The number of rotatable bonds is 13. The molecule has 0 radical (unpaired) electrons. The Balaban J connectivity index is 2.56. The van der Waals surface area contributed by atoms with E-state index in [-0.39, 0.29) is 23.7 Å². The van der Waals surface area contributed by atoms with Gasteiger partial charge in [0.25, 0.3) is 0 Å². The van der Waals surface area contributed by atoms with Crippen LogP contribution in [0.2, 0.25) is 0 Å². The number of hydrogen-bond donors (Lipinski definition) is 3. The molecule has 3 N–H and O–H groups in total. The molecule has 0 heterocycles. The number of hydrogen-bond acceptors (Lipinski definition) is 5. The van der Waals surface area contributed by atoms with E-state index in [9.17, 15) is 20.1 Å². The van der Waals surface area contributed by atoms with Gasteiger partial charge in [-0.25, -0.2) is 0 Å². The molecule has 5 heteroatoms. The molecule has 0 spiro atoms. The van der Waals surface area contributed by atoms with Crippen LogP contribution in [0.5, 0.6) is 0 Å². The lowest BCUT2D eigenvalue weighted by atomic mass is 9.75. The van der Waals surface area contributed by atoms with Crippen LogP contribution >= 0.6 is 0 Å². The van der Waals surface area contributed by atoms with Gasteiger partial charge in [0.05, 0.1) is 24.9 Å². The quantitative estimate of drug-likeness (QED) is 0.248. The smallest absolute Gasteiger partial charge is 0.305 e. The molecular formula is C23H42O5. The number of esters is 1. The number of aliphatic hydroxyl groups is 3. The highest BCUT2D eigenvalue weighted by Crippen LogP contribution is 2.42. The van der Waals surface area contributed by atoms with Crippen molar-refractivity contribution in [3.05, 3.63) is 12.2 Å². The highest BCUT2D eigenvalue weighted by Gasteiger charge is 2.44. The largest absolute Gasteiger partial charge is 0.469 e. The van der Waals surface area contributed by atoms with Gasteiger partial charge in [-0.3, -0.25) is 4.79 Å². The number of methoxy groups -OCH3 is 1. The standard InChI is InChI=1S/C23H42O5/c1-5-6-11-14-23(3,27)16-17(2)22-18(19(24)15-20(22)25)12-9-7-8-10-13-21(26)28-4/h7,9,17-20,22,24-25,27H,5-6,8,10-16H2,1-4H3/b9-7-/t17?,18-,19-,20+,22+,23?/m0/s1. The number of allylic oxidation sites excluding steroid dienone is 2. The van der Waals surface area contributed by atoms with Crippen LogP contribution in [0.4, 0.5) is 0 Å². The molecule has 5 nitrogen and oxygen atoms in total. The predicted octanol–water partition coefficient (Wildman–Crippen LogP) is 3.99. The van der Waals surface area contributed by atoms with Crippen molar-refractivity contribution in [2.75, 3.05) is 7.11 Å². The van der Waals surface area contributed by atoms with Gasteiger partial charge >= 0.3 is 5.97 Å². The monoisotopic (exact) mass is 398 g/mol. The predicted molar refractivity (Wildman–Crippen MR) is 112 cm³/mol. The third-order valence-electron chi connectivity index (χ3n) is 6.21. The summed E-state index contributed by atoms with van der Waals surface area (Å²) in [5.74, 6) is -0.0511. The number of aliphatic hydroxyl groups excluding tert-OH is 2. The lowest BCUT2D eigenvalue weighted by Gasteiger charge is -2.34. The van der Waals surface area contributed by atoms with Crippen molar-refractivity contribution in [1.29, 1.82) is 0 Å². The molecule has 1 fully saturated rings. The van der Waals surface area contributed by atoms with Crippen molar-refractivity contribution >= 4 is 5.97 Å². The molecule has 0 bridgehead atoms. The van der Waals surface area contributed by atoms with Crippen molar-refractivity contribution in [1.82, 2.24) is 0 Å². The summed E-state index contributed by atoms with van der Waals surface area (Å²) in [5.41, 5.74) is -0.726. The Labute approximate surface area is 171 Å². The fourth-order valence-electron chi connectivity index (χ4n) is 4.76. The average molecular weight is 399 g/mol. The van der Waals surface area contributed by atoms with Crippen LogP contribution in [0.3, 0.4) is 0 Å². The second-order valence-electron chi connectivity index (χ2n) is 8.92. The minimum atomic E-state index is -0.726. The molecule has 1 aliphatic carbocycles. The van der Waals surface area contributed by atoms with Gasteiger partial charge in [-0.1, -0.05) is 45.3 Å². The molecule has 2 unspecified atom stereocenters. The molecule has 6 atom stereocenters. The van der Waals surface area contributed by atoms with E-state index in [1.807, 2.05) is 13.0 Å². The number of unbranched alkanes of at least 4 members (excludes halogenated alkanes) is 3. The Morgan fingerprint density at radius 3 is 2.57 bits per heavy atom. The third kappa shape index (κ3) is 8.62. The van der Waals surface area contributed by atoms with Crippen LogP contribution in [0.15, 0.2) is 12.2 Å². The van der Waals surface area contributed by atoms with E-state index in [1.165, 1.54) is 7.11 Å². The highest BCUT2D eigenvalue weighted by atomic mass is 16.5. The van der Waals surface area contributed by atoms with Crippen LogP contribution in [-0.4, -0.2) is 46.2 Å². The molecule has 164 valence electrons. The number of carbonyl (C=O) groups excluding carboxylic acids is 1. The fraction of sp³-hybridized carbons (Fsp3) is 0.870. The lowest BCUT2D eigenvalue weighted by molar-refractivity contribution is -0.140. The zero-order chi connectivity index (χ0) is 21.2. The zero-order valence-electron chi connectivity index (χ0n) is 18.3. The minimum Gasteiger partial charge on any atom is -0.469 e. The van der Waals surface area contributed by atoms with E-state index >= 15 is 0 Å². The highest BCUT2D eigenvalue weighted by molar-refractivity contribution is 5.69. The van der Waals surface area contributed by atoms with Gasteiger partial charge in [-0.2, -0.15) is 0 Å². The Hall–Kier alpha value is -0.910. The van der Waals surface area contributed by atoms with Crippen LogP contribution in [0.25, 0.3) is 0 Å². The first-order chi connectivity index (χ1) is 13.2. The van der Waals surface area contributed by atoms with Crippen molar-refractivity contribution in [3.63, 3.8) is 0 Å². The maximum atomic E-state index is 11.1. The summed E-state index contributed by atoms with van der Waals surface area (Å²) in [6.07, 6.45) is 10.9. The Kier molecular flexibility index (Phi) is 11.3. The third-order valence-corrected chi connectivity index (χ3v) is 6.21. The Morgan fingerprint density at radius 1 is 1.21 bits per heavy atom. The number of ether oxygens (including phenoxy) is 1. The summed E-state index contributed by atoms with van der Waals surface area (Å²) in [6, 6.07) is 0. The lowest BCUT2D eigenvalue weighted by Crippen LogP contribution is -2.34. The van der Waals surface area contributed by atoms with Crippen LogP contribution in [0, 0.1) is 17.8 Å². The summed E-state index contributed by atoms with van der Waals surface area (Å²) in [5, 5.41) is 31.7. The molecule has 28 heavy (non-hydrogen) atoms.